The number of carbonyl (C=O) groups excluding carboxylic acids is 1. The van der Waals surface area contributed by atoms with Crippen LogP contribution in [0.3, 0.4) is 0 Å². The smallest absolute Gasteiger partial charge is 0.170 e. The molecule has 18 heavy (non-hydrogen) atoms. The van der Waals surface area contributed by atoms with Crippen LogP contribution in [-0.4, -0.2) is 26.0 Å². The summed E-state index contributed by atoms with van der Waals surface area (Å²) in [5.74, 6) is 1.09. The van der Waals surface area contributed by atoms with Gasteiger partial charge in [0.15, 0.2) is 5.78 Å². The van der Waals surface area contributed by atoms with E-state index in [-0.39, 0.29) is 11.2 Å². The highest BCUT2D eigenvalue weighted by atomic mass is 16.5. The maximum absolute atomic E-state index is 12.5. The zero-order valence-electron chi connectivity index (χ0n) is 11.2. The van der Waals surface area contributed by atoms with Crippen LogP contribution in [0.1, 0.15) is 36.5 Å². The van der Waals surface area contributed by atoms with Crippen molar-refractivity contribution < 1.29 is 9.53 Å². The van der Waals surface area contributed by atoms with Crippen molar-refractivity contribution in [3.8, 4) is 5.75 Å². The Hall–Kier alpha value is -1.35. The summed E-state index contributed by atoms with van der Waals surface area (Å²) in [5, 5.41) is 3.15. The molecule has 0 atom stereocenters. The molecular weight excluding hydrogens is 226 g/mol. The second-order valence-corrected chi connectivity index (χ2v) is 4.95. The molecule has 1 aliphatic carbocycles. The molecule has 98 valence electrons. The molecule has 0 amide bonds. The highest BCUT2D eigenvalue weighted by Gasteiger charge is 2.43. The second kappa shape index (κ2) is 5.53. The normalized spacial score (nSPS) is 17.0. The van der Waals surface area contributed by atoms with Crippen molar-refractivity contribution in [2.45, 2.75) is 26.2 Å². The average Bonchev–Trinajstić information content (AvgIpc) is 2.34. The zero-order chi connectivity index (χ0) is 13.0. The Bertz CT molecular complexity index is 407. The van der Waals surface area contributed by atoms with E-state index in [0.717, 1.165) is 37.1 Å². The molecule has 0 spiro atoms. The molecule has 0 aliphatic heterocycles. The van der Waals surface area contributed by atoms with E-state index in [4.69, 9.17) is 4.74 Å². The van der Waals surface area contributed by atoms with Gasteiger partial charge in [0.25, 0.3) is 0 Å². The van der Waals surface area contributed by atoms with Crippen molar-refractivity contribution in [3.05, 3.63) is 29.8 Å². The molecule has 1 saturated carbocycles. The van der Waals surface area contributed by atoms with Gasteiger partial charge in [-0.1, -0.05) is 6.42 Å². The Morgan fingerprint density at radius 2 is 2.00 bits per heavy atom. The molecule has 0 heterocycles. The summed E-state index contributed by atoms with van der Waals surface area (Å²) in [5.41, 5.74) is 0.635. The third-order valence-electron chi connectivity index (χ3n) is 3.74. The molecule has 3 nitrogen and oxygen atoms in total. The van der Waals surface area contributed by atoms with Gasteiger partial charge in [-0.15, -0.1) is 0 Å². The Labute approximate surface area is 109 Å². The molecule has 2 rings (SSSR count). The van der Waals surface area contributed by atoms with Crippen molar-refractivity contribution >= 4 is 5.78 Å². The van der Waals surface area contributed by atoms with E-state index in [1.54, 1.807) is 0 Å². The van der Waals surface area contributed by atoms with E-state index in [1.807, 2.05) is 38.2 Å². The lowest BCUT2D eigenvalue weighted by Gasteiger charge is -2.40. The number of carbonyl (C=O) groups is 1. The van der Waals surface area contributed by atoms with E-state index in [9.17, 15) is 4.79 Å². The number of benzene rings is 1. The van der Waals surface area contributed by atoms with Gasteiger partial charge in [0.05, 0.1) is 6.61 Å². The zero-order valence-corrected chi connectivity index (χ0v) is 11.2. The van der Waals surface area contributed by atoms with Gasteiger partial charge in [0.1, 0.15) is 5.75 Å². The fourth-order valence-electron chi connectivity index (χ4n) is 2.60. The third kappa shape index (κ3) is 2.41. The van der Waals surface area contributed by atoms with Gasteiger partial charge in [-0.3, -0.25) is 4.79 Å². The summed E-state index contributed by atoms with van der Waals surface area (Å²) in [6.07, 6.45) is 3.16. The number of ether oxygens (including phenoxy) is 1. The average molecular weight is 247 g/mol. The van der Waals surface area contributed by atoms with Crippen LogP contribution in [0.15, 0.2) is 24.3 Å². The fourth-order valence-corrected chi connectivity index (χ4v) is 2.60. The summed E-state index contributed by atoms with van der Waals surface area (Å²) in [6.45, 7) is 3.38. The van der Waals surface area contributed by atoms with Gasteiger partial charge in [0, 0.05) is 17.5 Å². The van der Waals surface area contributed by atoms with Gasteiger partial charge in [-0.2, -0.15) is 0 Å². The molecular formula is C15H21NO2. The van der Waals surface area contributed by atoms with Gasteiger partial charge in [-0.05, 0) is 51.1 Å². The number of hydrogen-bond donors (Lipinski definition) is 1. The standard InChI is InChI=1S/C15H21NO2/c1-3-18-13-7-5-12(6-8-13)14(17)15(11-16-2)9-4-10-15/h5-8,16H,3-4,9-11H2,1-2H3. The summed E-state index contributed by atoms with van der Waals surface area (Å²) < 4.78 is 5.39. The van der Waals surface area contributed by atoms with Crippen LogP contribution in [-0.2, 0) is 0 Å². The summed E-state index contributed by atoms with van der Waals surface area (Å²) in [4.78, 5) is 12.5. The molecule has 1 aromatic rings. The Balaban J connectivity index is 2.12. The molecule has 0 aromatic heterocycles. The molecule has 0 saturated heterocycles. The first-order chi connectivity index (χ1) is 8.72. The summed E-state index contributed by atoms with van der Waals surface area (Å²) >= 11 is 0. The Kier molecular flexibility index (Phi) is 4.02. The number of nitrogens with one attached hydrogen (secondary N) is 1. The van der Waals surface area contributed by atoms with Gasteiger partial charge < -0.3 is 10.1 Å². The molecule has 0 radical (unpaired) electrons. The van der Waals surface area contributed by atoms with Crippen LogP contribution in [0.2, 0.25) is 0 Å². The maximum Gasteiger partial charge on any atom is 0.170 e. The molecule has 1 fully saturated rings. The number of hydrogen-bond acceptors (Lipinski definition) is 3. The summed E-state index contributed by atoms with van der Waals surface area (Å²) in [6, 6.07) is 7.51. The van der Waals surface area contributed by atoms with Crippen molar-refractivity contribution in [3.63, 3.8) is 0 Å². The van der Waals surface area contributed by atoms with Crippen LogP contribution in [0, 0.1) is 5.41 Å². The number of rotatable bonds is 6. The number of Topliss-reactive ketones (excluding diaryl/α,β-unsaturated/α-hetero) is 1. The van der Waals surface area contributed by atoms with Gasteiger partial charge >= 0.3 is 0 Å². The lowest BCUT2D eigenvalue weighted by Crippen LogP contribution is -2.45. The quantitative estimate of drug-likeness (QED) is 0.785. The predicted octanol–water partition coefficient (Wildman–Crippen LogP) is 2.66. The van der Waals surface area contributed by atoms with Crippen LogP contribution < -0.4 is 10.1 Å². The Morgan fingerprint density at radius 1 is 1.33 bits per heavy atom. The largest absolute Gasteiger partial charge is 0.494 e. The van der Waals surface area contributed by atoms with Gasteiger partial charge in [0.2, 0.25) is 0 Å². The highest BCUT2D eigenvalue weighted by molar-refractivity contribution is 6.01. The maximum atomic E-state index is 12.5. The topological polar surface area (TPSA) is 38.3 Å². The number of ketones is 1. The van der Waals surface area contributed by atoms with E-state index in [0.29, 0.717) is 6.61 Å². The third-order valence-corrected chi connectivity index (χ3v) is 3.74. The van der Waals surface area contributed by atoms with E-state index < -0.39 is 0 Å². The lowest BCUT2D eigenvalue weighted by molar-refractivity contribution is 0.0614. The monoisotopic (exact) mass is 247 g/mol. The van der Waals surface area contributed by atoms with Crippen molar-refractivity contribution in [2.75, 3.05) is 20.2 Å². The minimum absolute atomic E-state index is 0.165. The van der Waals surface area contributed by atoms with E-state index in [1.165, 1.54) is 0 Å². The second-order valence-electron chi connectivity index (χ2n) is 4.95. The minimum atomic E-state index is -0.165. The fraction of sp³-hybridized carbons (Fsp3) is 0.533. The SMILES string of the molecule is CCOc1ccc(C(=O)C2(CNC)CCC2)cc1. The predicted molar refractivity (Wildman–Crippen MR) is 72.2 cm³/mol. The highest BCUT2D eigenvalue weighted by Crippen LogP contribution is 2.43. The Morgan fingerprint density at radius 3 is 2.44 bits per heavy atom. The van der Waals surface area contributed by atoms with E-state index >= 15 is 0 Å². The van der Waals surface area contributed by atoms with Crippen molar-refractivity contribution in [1.82, 2.24) is 5.32 Å². The molecule has 1 aromatic carbocycles. The minimum Gasteiger partial charge on any atom is -0.494 e. The molecule has 0 unspecified atom stereocenters. The van der Waals surface area contributed by atoms with E-state index in [2.05, 4.69) is 5.32 Å². The molecule has 1 N–H and O–H groups in total. The van der Waals surface area contributed by atoms with Crippen LogP contribution >= 0.6 is 0 Å². The first kappa shape index (κ1) is 13.1. The lowest BCUT2D eigenvalue weighted by atomic mass is 9.64. The van der Waals surface area contributed by atoms with Gasteiger partial charge in [-0.25, -0.2) is 0 Å². The first-order valence-electron chi connectivity index (χ1n) is 6.64. The summed E-state index contributed by atoms with van der Waals surface area (Å²) in [7, 11) is 1.91. The van der Waals surface area contributed by atoms with Crippen molar-refractivity contribution in [2.24, 2.45) is 5.41 Å². The van der Waals surface area contributed by atoms with Crippen LogP contribution in [0.25, 0.3) is 0 Å². The molecule has 0 bridgehead atoms. The van der Waals surface area contributed by atoms with Crippen molar-refractivity contribution in [1.29, 1.82) is 0 Å². The molecule has 1 aliphatic rings. The molecule has 3 heteroatoms. The van der Waals surface area contributed by atoms with Crippen LogP contribution in [0.4, 0.5) is 0 Å². The first-order valence-corrected chi connectivity index (χ1v) is 6.64. The van der Waals surface area contributed by atoms with Crippen LogP contribution in [0.5, 0.6) is 5.75 Å².